The van der Waals surface area contributed by atoms with Crippen LogP contribution in [0.5, 0.6) is 5.75 Å². The van der Waals surface area contributed by atoms with E-state index in [1.165, 1.54) is 0 Å². The summed E-state index contributed by atoms with van der Waals surface area (Å²) in [6.45, 7) is 3.76. The predicted octanol–water partition coefficient (Wildman–Crippen LogP) is 3.73. The predicted molar refractivity (Wildman–Crippen MR) is 107 cm³/mol. The summed E-state index contributed by atoms with van der Waals surface area (Å²) in [4.78, 5) is 4.31. The van der Waals surface area contributed by atoms with Crippen LogP contribution in [-0.2, 0) is 11.3 Å². The maximum absolute atomic E-state index is 12.2. The number of guanidine groups is 1. The average Bonchev–Trinajstić information content (AvgIpc) is 2.56. The molecule has 150 valence electrons. The van der Waals surface area contributed by atoms with Crippen LogP contribution in [0.15, 0.2) is 29.3 Å². The number of aliphatic imine (C=N–C) groups is 1. The molecular weight excluding hydrogens is 462 g/mol. The van der Waals surface area contributed by atoms with Crippen molar-refractivity contribution in [2.45, 2.75) is 32.5 Å². The number of nitrogens with one attached hydrogen (secondary N) is 2. The Labute approximate surface area is 169 Å². The van der Waals surface area contributed by atoms with Crippen LogP contribution in [0.25, 0.3) is 0 Å². The highest BCUT2D eigenvalue weighted by Crippen LogP contribution is 2.18. The summed E-state index contributed by atoms with van der Waals surface area (Å²) in [6.07, 6.45) is -4.28. The zero-order chi connectivity index (χ0) is 18.5. The summed E-state index contributed by atoms with van der Waals surface area (Å²) in [5.74, 6) is 1.09. The van der Waals surface area contributed by atoms with Gasteiger partial charge in [-0.25, -0.2) is 4.99 Å². The van der Waals surface area contributed by atoms with Crippen molar-refractivity contribution in [2.24, 2.45) is 4.99 Å². The summed E-state index contributed by atoms with van der Waals surface area (Å²) >= 11 is 0. The third-order valence-corrected chi connectivity index (χ3v) is 3.12. The van der Waals surface area contributed by atoms with Gasteiger partial charge in [0.2, 0.25) is 0 Å². The van der Waals surface area contributed by atoms with Gasteiger partial charge in [-0.2, -0.15) is 13.2 Å². The van der Waals surface area contributed by atoms with Gasteiger partial charge in [0.05, 0.1) is 19.6 Å². The SMILES string of the molecule is CCNC(=NCc1cccc(OCCCOC)c1)NCCC(F)(F)F.I. The molecule has 1 aromatic rings. The zero-order valence-corrected chi connectivity index (χ0v) is 17.4. The van der Waals surface area contributed by atoms with E-state index in [9.17, 15) is 13.2 Å². The van der Waals surface area contributed by atoms with Gasteiger partial charge in [-0.15, -0.1) is 24.0 Å². The fraction of sp³-hybridized carbons (Fsp3) is 0.588. The lowest BCUT2D eigenvalue weighted by Crippen LogP contribution is -2.38. The van der Waals surface area contributed by atoms with E-state index in [4.69, 9.17) is 9.47 Å². The number of halogens is 4. The molecule has 1 aromatic carbocycles. The molecule has 0 aliphatic rings. The molecule has 0 saturated heterocycles. The third-order valence-electron chi connectivity index (χ3n) is 3.12. The zero-order valence-electron chi connectivity index (χ0n) is 15.1. The fourth-order valence-electron chi connectivity index (χ4n) is 1.96. The molecule has 2 N–H and O–H groups in total. The topological polar surface area (TPSA) is 54.9 Å². The van der Waals surface area contributed by atoms with E-state index in [1.807, 2.05) is 31.2 Å². The number of alkyl halides is 3. The number of hydrogen-bond donors (Lipinski definition) is 2. The molecule has 1 rings (SSSR count). The minimum absolute atomic E-state index is 0. The Bertz CT molecular complexity index is 528. The average molecular weight is 489 g/mol. The largest absolute Gasteiger partial charge is 0.493 e. The lowest BCUT2D eigenvalue weighted by Gasteiger charge is -2.12. The van der Waals surface area contributed by atoms with Crippen molar-refractivity contribution in [3.63, 3.8) is 0 Å². The van der Waals surface area contributed by atoms with Crippen LogP contribution < -0.4 is 15.4 Å². The first-order valence-electron chi connectivity index (χ1n) is 8.24. The van der Waals surface area contributed by atoms with Gasteiger partial charge in [-0.1, -0.05) is 12.1 Å². The van der Waals surface area contributed by atoms with Gasteiger partial charge < -0.3 is 20.1 Å². The summed E-state index contributed by atoms with van der Waals surface area (Å²) in [5.41, 5.74) is 0.914. The van der Waals surface area contributed by atoms with Crippen molar-refractivity contribution in [1.82, 2.24) is 10.6 Å². The lowest BCUT2D eigenvalue weighted by atomic mass is 10.2. The molecule has 0 spiro atoms. The van der Waals surface area contributed by atoms with Crippen LogP contribution in [0, 0.1) is 0 Å². The van der Waals surface area contributed by atoms with Crippen molar-refractivity contribution in [3.05, 3.63) is 29.8 Å². The number of methoxy groups -OCH3 is 1. The van der Waals surface area contributed by atoms with E-state index in [1.54, 1.807) is 7.11 Å². The minimum atomic E-state index is -4.18. The first kappa shape index (κ1) is 24.8. The molecular formula is C17H27F3IN3O2. The highest BCUT2D eigenvalue weighted by atomic mass is 127. The van der Waals surface area contributed by atoms with Crippen LogP contribution in [-0.4, -0.2) is 45.5 Å². The number of hydrogen-bond acceptors (Lipinski definition) is 3. The van der Waals surface area contributed by atoms with Crippen LogP contribution >= 0.6 is 24.0 Å². The Morgan fingerprint density at radius 3 is 2.62 bits per heavy atom. The number of ether oxygens (including phenoxy) is 2. The summed E-state index contributed by atoms with van der Waals surface area (Å²) in [6, 6.07) is 7.48. The Morgan fingerprint density at radius 2 is 1.96 bits per heavy atom. The number of benzene rings is 1. The molecule has 0 aliphatic heterocycles. The molecule has 0 aliphatic carbocycles. The molecule has 0 aromatic heterocycles. The molecule has 0 atom stereocenters. The second kappa shape index (κ2) is 13.9. The Balaban J connectivity index is 0.00000625. The highest BCUT2D eigenvalue weighted by Gasteiger charge is 2.26. The van der Waals surface area contributed by atoms with E-state index in [0.717, 1.165) is 17.7 Å². The molecule has 0 unspecified atom stereocenters. The monoisotopic (exact) mass is 489 g/mol. The van der Waals surface area contributed by atoms with Gasteiger partial charge in [0.1, 0.15) is 5.75 Å². The highest BCUT2D eigenvalue weighted by molar-refractivity contribution is 14.0. The molecule has 0 heterocycles. The van der Waals surface area contributed by atoms with Crippen LogP contribution in [0.1, 0.15) is 25.3 Å². The van der Waals surface area contributed by atoms with Gasteiger partial charge in [-0.3, -0.25) is 0 Å². The maximum Gasteiger partial charge on any atom is 0.390 e. The van der Waals surface area contributed by atoms with Crippen molar-refractivity contribution in [3.8, 4) is 5.75 Å². The smallest absolute Gasteiger partial charge is 0.390 e. The second-order valence-corrected chi connectivity index (χ2v) is 5.33. The van der Waals surface area contributed by atoms with Crippen LogP contribution in [0.3, 0.4) is 0 Å². The van der Waals surface area contributed by atoms with Crippen molar-refractivity contribution >= 4 is 29.9 Å². The number of rotatable bonds is 10. The molecule has 0 amide bonds. The third kappa shape index (κ3) is 12.2. The normalized spacial score (nSPS) is 11.7. The summed E-state index contributed by atoms with van der Waals surface area (Å²) in [7, 11) is 1.64. The first-order chi connectivity index (χ1) is 11.9. The van der Waals surface area contributed by atoms with Gasteiger partial charge in [0, 0.05) is 33.2 Å². The molecule has 5 nitrogen and oxygen atoms in total. The Morgan fingerprint density at radius 1 is 1.19 bits per heavy atom. The van der Waals surface area contributed by atoms with E-state index in [2.05, 4.69) is 15.6 Å². The van der Waals surface area contributed by atoms with Crippen molar-refractivity contribution in [2.75, 3.05) is 33.4 Å². The summed E-state index contributed by atoms with van der Waals surface area (Å²) in [5, 5.41) is 5.61. The van der Waals surface area contributed by atoms with Crippen LogP contribution in [0.2, 0.25) is 0 Å². The lowest BCUT2D eigenvalue weighted by molar-refractivity contribution is -0.132. The molecule has 0 saturated carbocycles. The van der Waals surface area contributed by atoms with Gasteiger partial charge in [-0.05, 0) is 24.6 Å². The molecule has 0 bridgehead atoms. The quantitative estimate of drug-likeness (QED) is 0.228. The standard InChI is InChI=1S/C17H26F3N3O2.HI/c1-3-21-16(22-9-8-17(18,19)20)23-13-14-6-4-7-15(12-14)25-11-5-10-24-2;/h4,6-7,12H,3,5,8-11,13H2,1-2H3,(H2,21,22,23);1H. The minimum Gasteiger partial charge on any atom is -0.493 e. The van der Waals surface area contributed by atoms with Gasteiger partial charge in [0.25, 0.3) is 0 Å². The van der Waals surface area contributed by atoms with E-state index in [-0.39, 0.29) is 30.5 Å². The van der Waals surface area contributed by atoms with E-state index < -0.39 is 12.6 Å². The molecule has 9 heteroatoms. The van der Waals surface area contributed by atoms with Crippen molar-refractivity contribution < 1.29 is 22.6 Å². The fourth-order valence-corrected chi connectivity index (χ4v) is 1.96. The summed E-state index contributed by atoms with van der Waals surface area (Å²) < 4.78 is 47.2. The Hall–Kier alpha value is -1.23. The van der Waals surface area contributed by atoms with E-state index >= 15 is 0 Å². The Kier molecular flexibility index (Phi) is 13.2. The van der Waals surface area contributed by atoms with E-state index in [0.29, 0.717) is 32.3 Å². The number of nitrogens with zero attached hydrogens (tertiary/aromatic N) is 1. The van der Waals surface area contributed by atoms with Crippen LogP contribution in [0.4, 0.5) is 13.2 Å². The van der Waals surface area contributed by atoms with Gasteiger partial charge in [0.15, 0.2) is 5.96 Å². The first-order valence-corrected chi connectivity index (χ1v) is 8.24. The second-order valence-electron chi connectivity index (χ2n) is 5.33. The van der Waals surface area contributed by atoms with Crippen molar-refractivity contribution in [1.29, 1.82) is 0 Å². The van der Waals surface area contributed by atoms with Gasteiger partial charge >= 0.3 is 6.18 Å². The molecule has 0 radical (unpaired) electrons. The maximum atomic E-state index is 12.2. The molecule has 0 fully saturated rings. The molecule has 26 heavy (non-hydrogen) atoms.